The number of rotatable bonds is 7. The summed E-state index contributed by atoms with van der Waals surface area (Å²) in [6, 6.07) is 5.64. The fourth-order valence-electron chi connectivity index (χ4n) is 3.53. The van der Waals surface area contributed by atoms with Gasteiger partial charge in [-0.15, -0.1) is 0 Å². The number of fused-ring (bicyclic) bond motifs is 1. The molecule has 7 nitrogen and oxygen atoms in total. The number of carbonyl (C=O) groups excluding carboxylic acids is 1. The van der Waals surface area contributed by atoms with Gasteiger partial charge in [-0.05, 0) is 44.4 Å². The molecule has 2 N–H and O–H groups in total. The number of benzene rings is 1. The topological polar surface area (TPSA) is 81.8 Å². The van der Waals surface area contributed by atoms with Crippen LogP contribution in [0, 0.1) is 0 Å². The lowest BCUT2D eigenvalue weighted by atomic mass is 10.1. The minimum atomic E-state index is -0.302. The Morgan fingerprint density at radius 3 is 2.85 bits per heavy atom. The van der Waals surface area contributed by atoms with Crippen LogP contribution in [0.5, 0.6) is 0 Å². The lowest BCUT2D eigenvalue weighted by Crippen LogP contribution is -2.31. The van der Waals surface area contributed by atoms with Gasteiger partial charge in [-0.1, -0.05) is 0 Å². The van der Waals surface area contributed by atoms with E-state index in [1.54, 1.807) is 4.90 Å². The van der Waals surface area contributed by atoms with Crippen LogP contribution in [0.3, 0.4) is 0 Å². The van der Waals surface area contributed by atoms with Gasteiger partial charge in [0.25, 0.3) is 5.91 Å². The quantitative estimate of drug-likeness (QED) is 0.729. The van der Waals surface area contributed by atoms with E-state index in [4.69, 9.17) is 10.1 Å². The lowest BCUT2D eigenvalue weighted by molar-refractivity contribution is 0.0759. The molecule has 0 spiro atoms. The largest absolute Gasteiger partial charge is 0.396 e. The predicted molar refractivity (Wildman–Crippen MR) is 101 cm³/mol. The number of β-amino-alcohol motifs (C(OH)–C–C–N with tert-alkyl or cyclic N) is 1. The molecule has 1 fully saturated rings. The molecule has 2 aromatic rings. The molecule has 0 bridgehead atoms. The zero-order valence-electron chi connectivity index (χ0n) is 15.6. The first kappa shape index (κ1) is 18.7. The van der Waals surface area contributed by atoms with E-state index in [0.717, 1.165) is 36.4 Å². The highest BCUT2D eigenvalue weighted by Crippen LogP contribution is 2.25. The maximum absolute atomic E-state index is 12.8. The number of hydrogen-bond donors (Lipinski definition) is 2. The van der Waals surface area contributed by atoms with Crippen molar-refractivity contribution in [2.75, 3.05) is 37.7 Å². The molecule has 1 aromatic heterocycles. The van der Waals surface area contributed by atoms with Crippen LogP contribution in [0.15, 0.2) is 18.2 Å². The van der Waals surface area contributed by atoms with Crippen molar-refractivity contribution in [2.45, 2.75) is 32.3 Å². The van der Waals surface area contributed by atoms with Gasteiger partial charge in [0.1, 0.15) is 0 Å². The van der Waals surface area contributed by atoms with E-state index in [9.17, 15) is 9.90 Å². The molecule has 1 aromatic carbocycles. The van der Waals surface area contributed by atoms with Crippen molar-refractivity contribution in [3.8, 4) is 0 Å². The van der Waals surface area contributed by atoms with Gasteiger partial charge in [-0.2, -0.15) is 0 Å². The zero-order valence-corrected chi connectivity index (χ0v) is 15.6. The van der Waals surface area contributed by atoms with Crippen molar-refractivity contribution < 1.29 is 15.0 Å². The van der Waals surface area contributed by atoms with Crippen LogP contribution in [0.25, 0.3) is 11.0 Å². The van der Waals surface area contributed by atoms with Crippen molar-refractivity contribution in [3.05, 3.63) is 23.8 Å². The van der Waals surface area contributed by atoms with E-state index in [1.807, 2.05) is 36.7 Å². The van der Waals surface area contributed by atoms with Crippen molar-refractivity contribution in [2.24, 2.45) is 7.05 Å². The third-order valence-corrected chi connectivity index (χ3v) is 5.06. The van der Waals surface area contributed by atoms with E-state index < -0.39 is 0 Å². The van der Waals surface area contributed by atoms with Gasteiger partial charge in [0, 0.05) is 45.4 Å². The number of unbranched alkanes of at least 4 members (excludes halogenated alkanes) is 1. The maximum Gasteiger partial charge on any atom is 0.253 e. The number of aryl methyl sites for hydroxylation is 1. The Kier molecular flexibility index (Phi) is 5.78. The van der Waals surface area contributed by atoms with E-state index in [0.29, 0.717) is 31.6 Å². The average Bonchev–Trinajstić information content (AvgIpc) is 3.21. The normalized spacial score (nSPS) is 17.2. The van der Waals surface area contributed by atoms with Gasteiger partial charge in [-0.3, -0.25) is 4.79 Å². The van der Waals surface area contributed by atoms with Crippen LogP contribution in [-0.2, 0) is 7.05 Å². The minimum absolute atomic E-state index is 0.00358. The second-order valence-electron chi connectivity index (χ2n) is 6.88. The SMILES string of the molecule is CCN(CCCCO)C(=O)c1ccc2c(c1)nc(N1CCC(O)C1)n2C. The summed E-state index contributed by atoms with van der Waals surface area (Å²) in [6.45, 7) is 4.79. The summed E-state index contributed by atoms with van der Waals surface area (Å²) in [5.74, 6) is 0.826. The molecule has 2 heterocycles. The molecule has 1 unspecified atom stereocenters. The van der Waals surface area contributed by atoms with E-state index in [2.05, 4.69) is 4.90 Å². The Hall–Kier alpha value is -2.12. The second kappa shape index (κ2) is 8.05. The molecule has 7 heteroatoms. The number of carbonyl (C=O) groups is 1. The average molecular weight is 360 g/mol. The van der Waals surface area contributed by atoms with E-state index in [1.165, 1.54) is 0 Å². The predicted octanol–water partition coefficient (Wildman–Crippen LogP) is 1.38. The Morgan fingerprint density at radius 1 is 1.38 bits per heavy atom. The van der Waals surface area contributed by atoms with Crippen molar-refractivity contribution in [1.82, 2.24) is 14.5 Å². The van der Waals surface area contributed by atoms with Gasteiger partial charge in [0.05, 0.1) is 17.1 Å². The van der Waals surface area contributed by atoms with Gasteiger partial charge < -0.3 is 24.6 Å². The highest BCUT2D eigenvalue weighted by molar-refractivity contribution is 5.97. The number of nitrogens with zero attached hydrogens (tertiary/aromatic N) is 4. The highest BCUT2D eigenvalue weighted by Gasteiger charge is 2.24. The van der Waals surface area contributed by atoms with Crippen molar-refractivity contribution in [3.63, 3.8) is 0 Å². The monoisotopic (exact) mass is 360 g/mol. The maximum atomic E-state index is 12.8. The Bertz CT molecular complexity index is 773. The van der Waals surface area contributed by atoms with Crippen LogP contribution in [0.1, 0.15) is 36.5 Å². The summed E-state index contributed by atoms with van der Waals surface area (Å²) in [7, 11) is 1.96. The molecule has 0 saturated carbocycles. The molecule has 3 rings (SSSR count). The third kappa shape index (κ3) is 3.68. The summed E-state index contributed by atoms with van der Waals surface area (Å²) in [4.78, 5) is 21.4. The summed E-state index contributed by atoms with van der Waals surface area (Å²) in [6.07, 6.45) is 1.95. The number of imidazole rings is 1. The lowest BCUT2D eigenvalue weighted by Gasteiger charge is -2.20. The third-order valence-electron chi connectivity index (χ3n) is 5.06. The first-order valence-corrected chi connectivity index (χ1v) is 9.34. The molecule has 0 radical (unpaired) electrons. The van der Waals surface area contributed by atoms with Crippen LogP contribution >= 0.6 is 0 Å². The fourth-order valence-corrected chi connectivity index (χ4v) is 3.53. The van der Waals surface area contributed by atoms with Gasteiger partial charge in [-0.25, -0.2) is 4.98 Å². The molecule has 1 atom stereocenters. The smallest absolute Gasteiger partial charge is 0.253 e. The molecular formula is C19H28N4O3. The van der Waals surface area contributed by atoms with Crippen LogP contribution in [0.4, 0.5) is 5.95 Å². The molecular weight excluding hydrogens is 332 g/mol. The van der Waals surface area contributed by atoms with Crippen LogP contribution in [0.2, 0.25) is 0 Å². The van der Waals surface area contributed by atoms with Gasteiger partial charge in [0.2, 0.25) is 5.95 Å². The molecule has 1 aliphatic heterocycles. The number of aliphatic hydroxyl groups excluding tert-OH is 2. The summed E-state index contributed by atoms with van der Waals surface area (Å²) in [5, 5.41) is 18.7. The molecule has 1 amide bonds. The standard InChI is InChI=1S/C19H28N4O3/c1-3-22(9-4-5-11-24)18(26)14-6-7-17-16(12-14)20-19(21(17)2)23-10-8-15(25)13-23/h6-7,12,15,24-25H,3-5,8-11,13H2,1-2H3. The van der Waals surface area contributed by atoms with E-state index in [-0.39, 0.29) is 18.6 Å². The highest BCUT2D eigenvalue weighted by atomic mass is 16.3. The number of anilines is 1. The first-order chi connectivity index (χ1) is 12.5. The molecule has 0 aliphatic carbocycles. The Labute approximate surface area is 153 Å². The van der Waals surface area contributed by atoms with E-state index >= 15 is 0 Å². The molecule has 26 heavy (non-hydrogen) atoms. The fraction of sp³-hybridized carbons (Fsp3) is 0.579. The summed E-state index contributed by atoms with van der Waals surface area (Å²) in [5.41, 5.74) is 2.40. The Balaban J connectivity index is 1.83. The van der Waals surface area contributed by atoms with Gasteiger partial charge >= 0.3 is 0 Å². The van der Waals surface area contributed by atoms with Gasteiger partial charge in [0.15, 0.2) is 0 Å². The second-order valence-corrected chi connectivity index (χ2v) is 6.88. The molecule has 1 aliphatic rings. The van der Waals surface area contributed by atoms with Crippen LogP contribution < -0.4 is 4.90 Å². The minimum Gasteiger partial charge on any atom is -0.396 e. The number of aliphatic hydroxyl groups is 2. The molecule has 142 valence electrons. The number of aromatic nitrogens is 2. The van der Waals surface area contributed by atoms with Crippen molar-refractivity contribution >= 4 is 22.9 Å². The summed E-state index contributed by atoms with van der Waals surface area (Å²) < 4.78 is 2.01. The number of hydrogen-bond acceptors (Lipinski definition) is 5. The zero-order chi connectivity index (χ0) is 18.7. The van der Waals surface area contributed by atoms with Crippen LogP contribution in [-0.4, -0.2) is 69.5 Å². The number of amides is 1. The summed E-state index contributed by atoms with van der Waals surface area (Å²) >= 11 is 0. The molecule has 1 saturated heterocycles. The Morgan fingerprint density at radius 2 is 2.19 bits per heavy atom. The first-order valence-electron chi connectivity index (χ1n) is 9.34. The van der Waals surface area contributed by atoms with Crippen molar-refractivity contribution in [1.29, 1.82) is 0 Å².